The van der Waals surface area contributed by atoms with Crippen molar-refractivity contribution >= 4 is 39.4 Å². The molecule has 0 aliphatic heterocycles. The van der Waals surface area contributed by atoms with Crippen LogP contribution in [0.4, 0.5) is 0 Å². The first-order valence-corrected chi connectivity index (χ1v) is 7.60. The van der Waals surface area contributed by atoms with Crippen molar-refractivity contribution in [1.29, 1.82) is 0 Å². The molecule has 2 aromatic rings. The smallest absolute Gasteiger partial charge is 0.316 e. The van der Waals surface area contributed by atoms with Gasteiger partial charge in [-0.3, -0.25) is 4.79 Å². The topological polar surface area (TPSA) is 52.1 Å². The van der Waals surface area contributed by atoms with Gasteiger partial charge in [-0.15, -0.1) is 0 Å². The quantitative estimate of drug-likeness (QED) is 0.463. The van der Waals surface area contributed by atoms with Crippen LogP contribution < -0.4 is 0 Å². The SMILES string of the molecule is CCCCOC(=O)CSc1nc2cccnc2s1. The Morgan fingerprint density at radius 3 is 3.22 bits per heavy atom. The molecule has 0 aromatic carbocycles. The number of hydrogen-bond acceptors (Lipinski definition) is 6. The molecule has 0 atom stereocenters. The van der Waals surface area contributed by atoms with Crippen molar-refractivity contribution in [2.45, 2.75) is 24.1 Å². The third-order valence-electron chi connectivity index (χ3n) is 2.22. The van der Waals surface area contributed by atoms with Gasteiger partial charge in [-0.1, -0.05) is 36.4 Å². The summed E-state index contributed by atoms with van der Waals surface area (Å²) in [4.78, 5) is 20.9. The van der Waals surface area contributed by atoms with Gasteiger partial charge in [0, 0.05) is 6.20 Å². The first kappa shape index (κ1) is 13.3. The highest BCUT2D eigenvalue weighted by molar-refractivity contribution is 8.01. The fourth-order valence-corrected chi connectivity index (χ4v) is 3.08. The molecule has 18 heavy (non-hydrogen) atoms. The highest BCUT2D eigenvalue weighted by Crippen LogP contribution is 2.27. The van der Waals surface area contributed by atoms with Crippen molar-refractivity contribution < 1.29 is 9.53 Å². The van der Waals surface area contributed by atoms with E-state index in [-0.39, 0.29) is 5.97 Å². The van der Waals surface area contributed by atoms with E-state index in [1.807, 2.05) is 12.1 Å². The second-order valence-electron chi connectivity index (χ2n) is 3.67. The Balaban J connectivity index is 1.84. The zero-order valence-corrected chi connectivity index (χ0v) is 11.7. The molecule has 0 bridgehead atoms. The minimum absolute atomic E-state index is 0.180. The summed E-state index contributed by atoms with van der Waals surface area (Å²) >= 11 is 2.91. The zero-order chi connectivity index (χ0) is 12.8. The van der Waals surface area contributed by atoms with Crippen LogP contribution in [0.1, 0.15) is 19.8 Å². The molecule has 4 nitrogen and oxygen atoms in total. The molecule has 0 saturated carbocycles. The first-order chi connectivity index (χ1) is 8.79. The molecule has 2 rings (SSSR count). The maximum Gasteiger partial charge on any atom is 0.316 e. The lowest BCUT2D eigenvalue weighted by molar-refractivity contribution is -0.140. The third kappa shape index (κ3) is 3.68. The lowest BCUT2D eigenvalue weighted by Gasteiger charge is -2.01. The van der Waals surface area contributed by atoms with Gasteiger partial charge in [0.1, 0.15) is 10.3 Å². The van der Waals surface area contributed by atoms with E-state index < -0.39 is 0 Å². The number of carbonyl (C=O) groups is 1. The molecule has 0 unspecified atom stereocenters. The molecule has 96 valence electrons. The number of carbonyl (C=O) groups excluding carboxylic acids is 1. The molecule has 0 amide bonds. The van der Waals surface area contributed by atoms with Crippen molar-refractivity contribution in [2.75, 3.05) is 12.4 Å². The average Bonchev–Trinajstić information content (AvgIpc) is 2.79. The van der Waals surface area contributed by atoms with Gasteiger partial charge in [0.25, 0.3) is 0 Å². The van der Waals surface area contributed by atoms with Crippen molar-refractivity contribution in [3.05, 3.63) is 18.3 Å². The Morgan fingerprint density at radius 1 is 1.56 bits per heavy atom. The number of esters is 1. The van der Waals surface area contributed by atoms with Crippen LogP contribution in [0.2, 0.25) is 0 Å². The van der Waals surface area contributed by atoms with Crippen LogP contribution in [0.3, 0.4) is 0 Å². The molecule has 2 aromatic heterocycles. The van der Waals surface area contributed by atoms with Crippen LogP contribution in [0.5, 0.6) is 0 Å². The molecular weight excluding hydrogens is 268 g/mol. The first-order valence-electron chi connectivity index (χ1n) is 5.79. The van der Waals surface area contributed by atoms with E-state index in [2.05, 4.69) is 16.9 Å². The van der Waals surface area contributed by atoms with Crippen molar-refractivity contribution in [3.63, 3.8) is 0 Å². The number of nitrogens with zero attached hydrogens (tertiary/aromatic N) is 2. The molecule has 0 spiro atoms. The summed E-state index contributed by atoms with van der Waals surface area (Å²) in [6.07, 6.45) is 3.69. The summed E-state index contributed by atoms with van der Waals surface area (Å²) in [6, 6.07) is 3.78. The van der Waals surface area contributed by atoms with Crippen molar-refractivity contribution in [2.24, 2.45) is 0 Å². The van der Waals surface area contributed by atoms with E-state index in [9.17, 15) is 4.79 Å². The molecule has 0 aliphatic carbocycles. The number of thiazole rings is 1. The van der Waals surface area contributed by atoms with Gasteiger partial charge in [0.2, 0.25) is 0 Å². The second kappa shape index (κ2) is 6.70. The predicted molar refractivity (Wildman–Crippen MR) is 74.0 cm³/mol. The average molecular weight is 282 g/mol. The van der Waals surface area contributed by atoms with Crippen LogP contribution in [-0.4, -0.2) is 28.3 Å². The number of pyridine rings is 1. The van der Waals surface area contributed by atoms with Crippen molar-refractivity contribution in [3.8, 4) is 0 Å². The maximum absolute atomic E-state index is 11.4. The molecule has 0 aliphatic rings. The normalized spacial score (nSPS) is 10.7. The highest BCUT2D eigenvalue weighted by Gasteiger charge is 2.08. The van der Waals surface area contributed by atoms with Crippen LogP contribution >= 0.6 is 23.1 Å². The molecule has 0 saturated heterocycles. The summed E-state index contributed by atoms with van der Waals surface area (Å²) in [5, 5.41) is 0. The van der Waals surface area contributed by atoms with E-state index in [4.69, 9.17) is 4.74 Å². The highest BCUT2D eigenvalue weighted by atomic mass is 32.2. The minimum Gasteiger partial charge on any atom is -0.465 e. The second-order valence-corrected chi connectivity index (χ2v) is 5.87. The van der Waals surface area contributed by atoms with Crippen LogP contribution in [0.25, 0.3) is 10.3 Å². The van der Waals surface area contributed by atoms with E-state index in [1.54, 1.807) is 6.20 Å². The van der Waals surface area contributed by atoms with Crippen molar-refractivity contribution in [1.82, 2.24) is 9.97 Å². The molecular formula is C12H14N2O2S2. The van der Waals surface area contributed by atoms with Gasteiger partial charge in [-0.25, -0.2) is 9.97 Å². The summed E-state index contributed by atoms with van der Waals surface area (Å²) in [5.74, 6) is 0.129. The van der Waals surface area contributed by atoms with Crippen LogP contribution in [0.15, 0.2) is 22.7 Å². The number of rotatable bonds is 6. The molecule has 0 N–H and O–H groups in total. The monoisotopic (exact) mass is 282 g/mol. The van der Waals surface area contributed by atoms with Gasteiger partial charge in [0.05, 0.1) is 12.4 Å². The predicted octanol–water partition coefficient (Wildman–Crippen LogP) is 3.13. The zero-order valence-electron chi connectivity index (χ0n) is 10.1. The van der Waals surface area contributed by atoms with Gasteiger partial charge in [-0.2, -0.15) is 0 Å². The Labute approximate surface area is 114 Å². The number of fused-ring (bicyclic) bond motifs is 1. The fraction of sp³-hybridized carbons (Fsp3) is 0.417. The number of hydrogen-bond donors (Lipinski definition) is 0. The Bertz CT molecular complexity index is 495. The maximum atomic E-state index is 11.4. The summed E-state index contributed by atoms with van der Waals surface area (Å²) < 4.78 is 5.94. The summed E-state index contributed by atoms with van der Waals surface area (Å²) in [5.41, 5.74) is 0.879. The molecule has 6 heteroatoms. The Hall–Kier alpha value is -1.14. The summed E-state index contributed by atoms with van der Waals surface area (Å²) in [6.45, 7) is 2.58. The number of thioether (sulfide) groups is 1. The van der Waals surface area contributed by atoms with E-state index >= 15 is 0 Å². The minimum atomic E-state index is -0.180. The standard InChI is InChI=1S/C12H14N2O2S2/c1-2-3-7-16-10(15)8-17-12-14-9-5-4-6-13-11(9)18-12/h4-6H,2-3,7-8H2,1H3. The fourth-order valence-electron chi connectivity index (χ4n) is 1.30. The largest absolute Gasteiger partial charge is 0.465 e. The van der Waals surface area contributed by atoms with E-state index in [1.165, 1.54) is 23.1 Å². The molecule has 0 fully saturated rings. The third-order valence-corrected chi connectivity index (χ3v) is 4.32. The lowest BCUT2D eigenvalue weighted by Crippen LogP contribution is -2.08. The van der Waals surface area contributed by atoms with E-state index in [0.717, 1.165) is 27.5 Å². The Kier molecular flexibility index (Phi) is 4.95. The number of ether oxygens (including phenoxy) is 1. The van der Waals surface area contributed by atoms with Crippen LogP contribution in [0, 0.1) is 0 Å². The lowest BCUT2D eigenvalue weighted by atomic mass is 10.4. The molecule has 2 heterocycles. The van der Waals surface area contributed by atoms with Crippen LogP contribution in [-0.2, 0) is 9.53 Å². The Morgan fingerprint density at radius 2 is 2.44 bits per heavy atom. The van der Waals surface area contributed by atoms with Gasteiger partial charge in [0.15, 0.2) is 4.34 Å². The summed E-state index contributed by atoms with van der Waals surface area (Å²) in [7, 11) is 0. The van der Waals surface area contributed by atoms with Gasteiger partial charge >= 0.3 is 5.97 Å². The molecule has 0 radical (unpaired) electrons. The number of aromatic nitrogens is 2. The van der Waals surface area contributed by atoms with Gasteiger partial charge < -0.3 is 4.74 Å². The van der Waals surface area contributed by atoms with E-state index in [0.29, 0.717) is 12.4 Å². The number of unbranched alkanes of at least 4 members (excludes halogenated alkanes) is 1. The van der Waals surface area contributed by atoms with Gasteiger partial charge in [-0.05, 0) is 18.6 Å².